The minimum Gasteiger partial charge on any atom is -0.481 e. The third kappa shape index (κ3) is 3.32. The van der Waals surface area contributed by atoms with Gasteiger partial charge in [0.2, 0.25) is 5.91 Å². The van der Waals surface area contributed by atoms with E-state index in [2.05, 4.69) is 0 Å². The van der Waals surface area contributed by atoms with Gasteiger partial charge in [0.15, 0.2) is 0 Å². The fourth-order valence-corrected chi connectivity index (χ4v) is 2.33. The van der Waals surface area contributed by atoms with Gasteiger partial charge in [0, 0.05) is 25.9 Å². The van der Waals surface area contributed by atoms with E-state index in [1.165, 1.54) is 0 Å². The predicted molar refractivity (Wildman–Crippen MR) is 66.8 cm³/mol. The average molecular weight is 247 g/mol. The van der Waals surface area contributed by atoms with Gasteiger partial charge < -0.3 is 10.0 Å². The van der Waals surface area contributed by atoms with E-state index < -0.39 is 5.97 Å². The third-order valence-corrected chi connectivity index (χ3v) is 3.30. The molecule has 1 fully saturated rings. The molecule has 1 saturated heterocycles. The van der Waals surface area contributed by atoms with Gasteiger partial charge in [-0.05, 0) is 17.9 Å². The van der Waals surface area contributed by atoms with Crippen molar-refractivity contribution in [1.82, 2.24) is 4.90 Å². The molecule has 4 nitrogen and oxygen atoms in total. The molecule has 4 heteroatoms. The van der Waals surface area contributed by atoms with Crippen molar-refractivity contribution in [3.05, 3.63) is 35.9 Å². The Balaban J connectivity index is 1.90. The topological polar surface area (TPSA) is 57.6 Å². The summed E-state index contributed by atoms with van der Waals surface area (Å²) in [7, 11) is 0. The standard InChI is InChI=1S/C14H17NO3/c16-13-8-12(9-14(17)18)6-7-15(13)10-11-4-2-1-3-5-11/h1-5,12H,6-10H2,(H,17,18). The molecule has 1 N–H and O–H groups in total. The Kier molecular flexibility index (Phi) is 3.97. The van der Waals surface area contributed by atoms with Crippen LogP contribution in [0.3, 0.4) is 0 Å². The molecule has 1 heterocycles. The zero-order chi connectivity index (χ0) is 13.0. The summed E-state index contributed by atoms with van der Waals surface area (Å²) in [4.78, 5) is 24.4. The third-order valence-electron chi connectivity index (χ3n) is 3.30. The van der Waals surface area contributed by atoms with E-state index in [0.29, 0.717) is 19.5 Å². The number of carbonyl (C=O) groups is 2. The number of piperidine rings is 1. The number of carboxylic acids is 1. The summed E-state index contributed by atoms with van der Waals surface area (Å²) in [6.45, 7) is 1.28. The first-order valence-electron chi connectivity index (χ1n) is 6.18. The van der Waals surface area contributed by atoms with Crippen LogP contribution < -0.4 is 0 Å². The number of rotatable bonds is 4. The lowest BCUT2D eigenvalue weighted by Crippen LogP contribution is -2.38. The van der Waals surface area contributed by atoms with Crippen molar-refractivity contribution in [2.75, 3.05) is 6.54 Å². The fraction of sp³-hybridized carbons (Fsp3) is 0.429. The maximum Gasteiger partial charge on any atom is 0.303 e. The van der Waals surface area contributed by atoms with Gasteiger partial charge in [-0.3, -0.25) is 9.59 Å². The van der Waals surface area contributed by atoms with Crippen LogP contribution in [0.1, 0.15) is 24.8 Å². The number of carboxylic acid groups (broad SMARTS) is 1. The van der Waals surface area contributed by atoms with Crippen LogP contribution in [0.5, 0.6) is 0 Å². The maximum atomic E-state index is 11.9. The van der Waals surface area contributed by atoms with Crippen molar-refractivity contribution in [2.45, 2.75) is 25.8 Å². The molecular weight excluding hydrogens is 230 g/mol. The lowest BCUT2D eigenvalue weighted by atomic mass is 9.93. The molecule has 18 heavy (non-hydrogen) atoms. The Hall–Kier alpha value is -1.84. The van der Waals surface area contributed by atoms with Crippen LogP contribution in [0.2, 0.25) is 0 Å². The number of aliphatic carboxylic acids is 1. The van der Waals surface area contributed by atoms with Crippen LogP contribution in [0, 0.1) is 5.92 Å². The lowest BCUT2D eigenvalue weighted by Gasteiger charge is -2.31. The van der Waals surface area contributed by atoms with Gasteiger partial charge in [0.05, 0.1) is 0 Å². The van der Waals surface area contributed by atoms with Gasteiger partial charge in [-0.1, -0.05) is 30.3 Å². The highest BCUT2D eigenvalue weighted by Crippen LogP contribution is 2.22. The molecule has 0 aromatic heterocycles. The van der Waals surface area contributed by atoms with Crippen molar-refractivity contribution >= 4 is 11.9 Å². The monoisotopic (exact) mass is 247 g/mol. The summed E-state index contributed by atoms with van der Waals surface area (Å²) in [6.07, 6.45) is 1.24. The van der Waals surface area contributed by atoms with Gasteiger partial charge >= 0.3 is 5.97 Å². The highest BCUT2D eigenvalue weighted by Gasteiger charge is 2.27. The van der Waals surface area contributed by atoms with Crippen molar-refractivity contribution in [2.24, 2.45) is 5.92 Å². The summed E-state index contributed by atoms with van der Waals surface area (Å²) >= 11 is 0. The first-order chi connectivity index (χ1) is 8.65. The minimum atomic E-state index is -0.815. The van der Waals surface area contributed by atoms with Crippen LogP contribution in [-0.4, -0.2) is 28.4 Å². The Morgan fingerprint density at radius 1 is 1.33 bits per heavy atom. The Morgan fingerprint density at radius 2 is 2.06 bits per heavy atom. The molecule has 0 aliphatic carbocycles. The molecule has 1 unspecified atom stereocenters. The molecule has 0 spiro atoms. The number of hydrogen-bond donors (Lipinski definition) is 1. The second-order valence-electron chi connectivity index (χ2n) is 4.76. The van der Waals surface area contributed by atoms with E-state index in [0.717, 1.165) is 12.0 Å². The Bertz CT molecular complexity index is 430. The van der Waals surface area contributed by atoms with E-state index in [1.807, 2.05) is 35.2 Å². The second-order valence-corrected chi connectivity index (χ2v) is 4.76. The van der Waals surface area contributed by atoms with Gasteiger partial charge in [-0.15, -0.1) is 0 Å². The van der Waals surface area contributed by atoms with E-state index in [1.54, 1.807) is 0 Å². The number of carbonyl (C=O) groups excluding carboxylic acids is 1. The molecule has 1 aliphatic heterocycles. The van der Waals surface area contributed by atoms with E-state index in [4.69, 9.17) is 5.11 Å². The van der Waals surface area contributed by atoms with Crippen molar-refractivity contribution in [3.63, 3.8) is 0 Å². The number of hydrogen-bond acceptors (Lipinski definition) is 2. The summed E-state index contributed by atoms with van der Waals surface area (Å²) in [5.74, 6) is -0.748. The van der Waals surface area contributed by atoms with Crippen molar-refractivity contribution in [1.29, 1.82) is 0 Å². The predicted octanol–water partition coefficient (Wildman–Crippen LogP) is 1.90. The van der Waals surface area contributed by atoms with Crippen LogP contribution >= 0.6 is 0 Å². The lowest BCUT2D eigenvalue weighted by molar-refractivity contribution is -0.140. The number of amides is 1. The molecule has 2 rings (SSSR count). The first-order valence-corrected chi connectivity index (χ1v) is 6.18. The molecule has 0 radical (unpaired) electrons. The zero-order valence-electron chi connectivity index (χ0n) is 10.2. The smallest absolute Gasteiger partial charge is 0.303 e. The highest BCUT2D eigenvalue weighted by molar-refractivity contribution is 5.78. The Labute approximate surface area is 106 Å². The SMILES string of the molecule is O=C(O)CC1CCN(Cc2ccccc2)C(=O)C1. The van der Waals surface area contributed by atoms with Crippen LogP contribution in [0.15, 0.2) is 30.3 Å². The number of benzene rings is 1. The molecule has 1 aromatic carbocycles. The number of nitrogens with zero attached hydrogens (tertiary/aromatic N) is 1. The zero-order valence-corrected chi connectivity index (χ0v) is 10.2. The second kappa shape index (κ2) is 5.67. The first kappa shape index (κ1) is 12.6. The summed E-state index contributed by atoms with van der Waals surface area (Å²) in [6, 6.07) is 9.85. The highest BCUT2D eigenvalue weighted by atomic mass is 16.4. The van der Waals surface area contributed by atoms with Crippen LogP contribution in [0.25, 0.3) is 0 Å². The van der Waals surface area contributed by atoms with E-state index in [-0.39, 0.29) is 18.2 Å². The molecule has 0 bridgehead atoms. The number of likely N-dealkylation sites (tertiary alicyclic amines) is 1. The average Bonchev–Trinajstić information content (AvgIpc) is 2.33. The van der Waals surface area contributed by atoms with Gasteiger partial charge in [-0.2, -0.15) is 0 Å². The molecule has 1 aromatic rings. The molecule has 96 valence electrons. The van der Waals surface area contributed by atoms with Crippen molar-refractivity contribution in [3.8, 4) is 0 Å². The van der Waals surface area contributed by atoms with Gasteiger partial charge in [0.1, 0.15) is 0 Å². The molecule has 1 atom stereocenters. The fourth-order valence-electron chi connectivity index (χ4n) is 2.33. The van der Waals surface area contributed by atoms with Crippen molar-refractivity contribution < 1.29 is 14.7 Å². The normalized spacial score (nSPS) is 19.9. The largest absolute Gasteiger partial charge is 0.481 e. The summed E-state index contributed by atoms with van der Waals surface area (Å²) in [5.41, 5.74) is 1.11. The van der Waals surface area contributed by atoms with Crippen LogP contribution in [0.4, 0.5) is 0 Å². The molecule has 0 saturated carbocycles. The maximum absolute atomic E-state index is 11.9. The Morgan fingerprint density at radius 3 is 2.67 bits per heavy atom. The van der Waals surface area contributed by atoms with Crippen LogP contribution in [-0.2, 0) is 16.1 Å². The molecular formula is C14H17NO3. The minimum absolute atomic E-state index is 0.00187. The van der Waals surface area contributed by atoms with E-state index in [9.17, 15) is 9.59 Å². The van der Waals surface area contributed by atoms with Gasteiger partial charge in [0.25, 0.3) is 0 Å². The van der Waals surface area contributed by atoms with E-state index >= 15 is 0 Å². The van der Waals surface area contributed by atoms with Gasteiger partial charge in [-0.25, -0.2) is 0 Å². The summed E-state index contributed by atoms with van der Waals surface area (Å²) < 4.78 is 0. The molecule has 1 amide bonds. The molecule has 1 aliphatic rings. The summed E-state index contributed by atoms with van der Waals surface area (Å²) in [5, 5.41) is 8.73. The quantitative estimate of drug-likeness (QED) is 0.884.